The molecule has 1 saturated heterocycles. The molecule has 0 N–H and O–H groups in total. The van der Waals surface area contributed by atoms with Crippen LogP contribution in [0.5, 0.6) is 11.5 Å². The molecule has 0 aromatic heterocycles. The third-order valence-electron chi connectivity index (χ3n) is 6.86. The molecule has 5 rings (SSSR count). The molecule has 2 aromatic rings. The molecule has 0 radical (unpaired) electrons. The maximum atomic E-state index is 13.9. The second-order valence-corrected chi connectivity index (χ2v) is 11.0. The maximum absolute atomic E-state index is 13.9. The number of amides is 1. The van der Waals surface area contributed by atoms with E-state index in [-0.39, 0.29) is 23.6 Å². The number of ether oxygens (including phenoxy) is 3. The summed E-state index contributed by atoms with van der Waals surface area (Å²) < 4.78 is 44.1. The van der Waals surface area contributed by atoms with E-state index in [2.05, 4.69) is 0 Å². The average Bonchev–Trinajstić information content (AvgIpc) is 3.55. The molecule has 1 amide bonds. The predicted octanol–water partition coefficient (Wildman–Crippen LogP) is 3.33. The van der Waals surface area contributed by atoms with Crippen LogP contribution in [0.1, 0.15) is 47.2 Å². The van der Waals surface area contributed by atoms with E-state index in [0.29, 0.717) is 49.9 Å². The normalized spacial score (nSPS) is 18.9. The Balaban J connectivity index is 1.45. The second kappa shape index (κ2) is 9.56. The van der Waals surface area contributed by atoms with Gasteiger partial charge in [-0.1, -0.05) is 25.0 Å². The number of fused-ring (bicyclic) bond motifs is 1. The Morgan fingerprint density at radius 3 is 2.53 bits per heavy atom. The van der Waals surface area contributed by atoms with E-state index in [0.717, 1.165) is 36.8 Å². The highest BCUT2D eigenvalue weighted by atomic mass is 32.2. The fourth-order valence-corrected chi connectivity index (χ4v) is 6.34. The molecule has 9 heteroatoms. The smallest absolute Gasteiger partial charge is 0.254 e. The van der Waals surface area contributed by atoms with Crippen molar-refractivity contribution in [3.05, 3.63) is 53.1 Å². The van der Waals surface area contributed by atoms with Gasteiger partial charge in [0.1, 0.15) is 0 Å². The quantitative estimate of drug-likeness (QED) is 0.623. The molecule has 2 fully saturated rings. The molecule has 0 atom stereocenters. The van der Waals surface area contributed by atoms with E-state index >= 15 is 0 Å². The van der Waals surface area contributed by atoms with Crippen molar-refractivity contribution in [3.63, 3.8) is 0 Å². The first-order chi connectivity index (χ1) is 16.4. The molecule has 0 unspecified atom stereocenters. The zero-order chi connectivity index (χ0) is 23.7. The summed E-state index contributed by atoms with van der Waals surface area (Å²) in [5.41, 5.74) is 2.15. The van der Waals surface area contributed by atoms with Gasteiger partial charge >= 0.3 is 0 Å². The van der Waals surface area contributed by atoms with Gasteiger partial charge in [0.2, 0.25) is 16.8 Å². The first-order valence-corrected chi connectivity index (χ1v) is 13.3. The van der Waals surface area contributed by atoms with Crippen molar-refractivity contribution in [2.75, 3.05) is 33.1 Å². The van der Waals surface area contributed by atoms with E-state index in [1.54, 1.807) is 18.2 Å². The number of aryl methyl sites for hydroxylation is 1. The van der Waals surface area contributed by atoms with Gasteiger partial charge < -0.3 is 19.1 Å². The third-order valence-corrected chi connectivity index (χ3v) is 8.76. The highest BCUT2D eigenvalue weighted by Gasteiger charge is 2.31. The summed E-state index contributed by atoms with van der Waals surface area (Å²) in [4.78, 5) is 15.9. The Bertz CT molecular complexity index is 1170. The summed E-state index contributed by atoms with van der Waals surface area (Å²) in [7, 11) is -3.69. The standard InChI is InChI=1S/C25H30N2O6S/c1-18-6-8-21(34(29,30)26-10-12-31-13-11-26)15-22(18)25(28)27(20-4-2-3-5-20)16-19-7-9-23-24(14-19)33-17-32-23/h6-9,14-15,20H,2-5,10-13,16-17H2,1H3. The number of sulfonamides is 1. The van der Waals surface area contributed by atoms with E-state index in [4.69, 9.17) is 14.2 Å². The minimum absolute atomic E-state index is 0.122. The van der Waals surface area contributed by atoms with Crippen LogP contribution in [0.2, 0.25) is 0 Å². The summed E-state index contributed by atoms with van der Waals surface area (Å²) in [5, 5.41) is 0. The first kappa shape index (κ1) is 23.1. The van der Waals surface area contributed by atoms with E-state index < -0.39 is 10.0 Å². The van der Waals surface area contributed by atoms with Crippen molar-refractivity contribution < 1.29 is 27.4 Å². The Morgan fingerprint density at radius 2 is 1.76 bits per heavy atom. The Kier molecular flexibility index (Phi) is 6.50. The fraction of sp³-hybridized carbons (Fsp3) is 0.480. The van der Waals surface area contributed by atoms with Crippen molar-refractivity contribution in [2.45, 2.75) is 50.1 Å². The SMILES string of the molecule is Cc1ccc(S(=O)(=O)N2CCOCC2)cc1C(=O)N(Cc1ccc2c(c1)OCO2)C1CCCC1. The topological polar surface area (TPSA) is 85.4 Å². The highest BCUT2D eigenvalue weighted by molar-refractivity contribution is 7.89. The number of carbonyl (C=O) groups is 1. The average molecular weight is 487 g/mol. The zero-order valence-corrected chi connectivity index (χ0v) is 20.2. The van der Waals surface area contributed by atoms with Crippen molar-refractivity contribution in [3.8, 4) is 11.5 Å². The van der Waals surface area contributed by atoms with Gasteiger partial charge in [-0.2, -0.15) is 4.31 Å². The van der Waals surface area contributed by atoms with E-state index in [1.807, 2.05) is 30.0 Å². The summed E-state index contributed by atoms with van der Waals surface area (Å²) in [6.07, 6.45) is 4.06. The minimum atomic E-state index is -3.69. The zero-order valence-electron chi connectivity index (χ0n) is 19.4. The second-order valence-electron chi connectivity index (χ2n) is 9.05. The lowest BCUT2D eigenvalue weighted by atomic mass is 10.0. The molecule has 2 heterocycles. The Morgan fingerprint density at radius 1 is 1.03 bits per heavy atom. The van der Waals surface area contributed by atoms with Gasteiger partial charge in [-0.3, -0.25) is 4.79 Å². The summed E-state index contributed by atoms with van der Waals surface area (Å²) in [6, 6.07) is 10.7. The molecule has 1 saturated carbocycles. The van der Waals surface area contributed by atoms with Crippen molar-refractivity contribution >= 4 is 15.9 Å². The minimum Gasteiger partial charge on any atom is -0.454 e. The number of hydrogen-bond acceptors (Lipinski definition) is 6. The van der Waals surface area contributed by atoms with E-state index in [9.17, 15) is 13.2 Å². The van der Waals surface area contributed by atoms with Crippen LogP contribution >= 0.6 is 0 Å². The highest BCUT2D eigenvalue weighted by Crippen LogP contribution is 2.34. The number of morpholine rings is 1. The first-order valence-electron chi connectivity index (χ1n) is 11.8. The lowest BCUT2D eigenvalue weighted by molar-refractivity contribution is 0.0663. The largest absolute Gasteiger partial charge is 0.454 e. The molecule has 2 aliphatic heterocycles. The van der Waals surface area contributed by atoms with Crippen LogP contribution in [0, 0.1) is 6.92 Å². The molecule has 3 aliphatic rings. The van der Waals surface area contributed by atoms with Crippen LogP contribution in [-0.2, 0) is 21.3 Å². The van der Waals surface area contributed by atoms with Gasteiger partial charge in [-0.25, -0.2) is 8.42 Å². The van der Waals surface area contributed by atoms with Crippen LogP contribution in [0.4, 0.5) is 0 Å². The number of hydrogen-bond donors (Lipinski definition) is 0. The van der Waals surface area contributed by atoms with Crippen LogP contribution in [0.3, 0.4) is 0 Å². The van der Waals surface area contributed by atoms with Crippen LogP contribution in [-0.4, -0.2) is 62.7 Å². The molecule has 8 nitrogen and oxygen atoms in total. The number of benzene rings is 2. The van der Waals surface area contributed by atoms with Gasteiger partial charge in [0, 0.05) is 31.2 Å². The van der Waals surface area contributed by atoms with Gasteiger partial charge in [-0.05, 0) is 55.2 Å². The monoisotopic (exact) mass is 486 g/mol. The van der Waals surface area contributed by atoms with Gasteiger partial charge in [0.05, 0.1) is 18.1 Å². The molecular formula is C25H30N2O6S. The summed E-state index contributed by atoms with van der Waals surface area (Å²) >= 11 is 0. The molecule has 1 aliphatic carbocycles. The number of carbonyl (C=O) groups excluding carboxylic acids is 1. The molecule has 182 valence electrons. The fourth-order valence-electron chi connectivity index (χ4n) is 4.90. The van der Waals surface area contributed by atoms with Crippen LogP contribution in [0.15, 0.2) is 41.3 Å². The van der Waals surface area contributed by atoms with Gasteiger partial charge in [0.25, 0.3) is 5.91 Å². The molecular weight excluding hydrogens is 456 g/mol. The van der Waals surface area contributed by atoms with Crippen molar-refractivity contribution in [1.29, 1.82) is 0 Å². The van der Waals surface area contributed by atoms with Crippen molar-refractivity contribution in [2.24, 2.45) is 0 Å². The lowest BCUT2D eigenvalue weighted by Crippen LogP contribution is -2.41. The van der Waals surface area contributed by atoms with Gasteiger partial charge in [-0.15, -0.1) is 0 Å². The third kappa shape index (κ3) is 4.52. The van der Waals surface area contributed by atoms with Crippen molar-refractivity contribution in [1.82, 2.24) is 9.21 Å². The molecule has 0 spiro atoms. The lowest BCUT2D eigenvalue weighted by Gasteiger charge is -2.30. The summed E-state index contributed by atoms with van der Waals surface area (Å²) in [6.45, 7) is 3.87. The van der Waals surface area contributed by atoms with Gasteiger partial charge in [0.15, 0.2) is 11.5 Å². The Labute approximate surface area is 200 Å². The van der Waals surface area contributed by atoms with Crippen LogP contribution in [0.25, 0.3) is 0 Å². The predicted molar refractivity (Wildman–Crippen MR) is 125 cm³/mol. The molecule has 2 aromatic carbocycles. The Hall–Kier alpha value is -2.62. The summed E-state index contributed by atoms with van der Waals surface area (Å²) in [5.74, 6) is 1.26. The molecule has 34 heavy (non-hydrogen) atoms. The number of nitrogens with zero attached hydrogens (tertiary/aromatic N) is 2. The molecule has 0 bridgehead atoms. The van der Waals surface area contributed by atoms with Crippen LogP contribution < -0.4 is 9.47 Å². The van der Waals surface area contributed by atoms with E-state index in [1.165, 1.54) is 4.31 Å². The maximum Gasteiger partial charge on any atom is 0.254 e. The number of rotatable bonds is 6.